The molecule has 0 bridgehead atoms. The van der Waals surface area contributed by atoms with Crippen LogP contribution in [0.25, 0.3) is 0 Å². The Labute approximate surface area is 258 Å². The maximum absolute atomic E-state index is 13.4. The number of carbonyl (C=O) groups is 2. The second-order valence-corrected chi connectivity index (χ2v) is 12.8. The number of nitrogens with one attached hydrogen (secondary N) is 1. The molecular weight excluding hydrogens is 599 g/mol. The van der Waals surface area contributed by atoms with Gasteiger partial charge in [-0.15, -0.1) is 0 Å². The van der Waals surface area contributed by atoms with Crippen LogP contribution in [0, 0.1) is 0 Å². The summed E-state index contributed by atoms with van der Waals surface area (Å²) >= 11 is 0. The lowest BCUT2D eigenvalue weighted by Crippen LogP contribution is -2.55. The Bertz CT molecular complexity index is 1170. The minimum atomic E-state index is -4.73. The molecule has 1 aromatic carbocycles. The molecule has 15 heteroatoms. The number of halogens is 3. The molecule has 0 aromatic heterocycles. The van der Waals surface area contributed by atoms with Crippen molar-refractivity contribution in [3.05, 3.63) is 29.8 Å². The van der Waals surface area contributed by atoms with Gasteiger partial charge < -0.3 is 27.0 Å². The smallest absolute Gasteiger partial charge is 0.370 e. The lowest BCUT2D eigenvalue weighted by molar-refractivity contribution is -0.140. The molecule has 44 heavy (non-hydrogen) atoms. The van der Waals surface area contributed by atoms with Gasteiger partial charge in [0.1, 0.15) is 6.04 Å². The number of alkyl halides is 3. The average molecular weight is 648 g/mol. The van der Waals surface area contributed by atoms with Crippen LogP contribution in [-0.4, -0.2) is 81.3 Å². The SMILES string of the molecule is NCCCCCCCCCCCC(=O)N1CCN(C(=O)[C@H](CCCN=C(N)N)NS(=O)(=O)c2cccc(C(F)(F)F)c2)CC1. The Morgan fingerprint density at radius 3 is 2.02 bits per heavy atom. The van der Waals surface area contributed by atoms with Crippen LogP contribution in [0.1, 0.15) is 82.6 Å². The van der Waals surface area contributed by atoms with E-state index in [1.54, 1.807) is 4.90 Å². The van der Waals surface area contributed by atoms with Gasteiger partial charge in [-0.2, -0.15) is 17.9 Å². The zero-order chi connectivity index (χ0) is 32.6. The zero-order valence-corrected chi connectivity index (χ0v) is 26.2. The fraction of sp³-hybridized carbons (Fsp3) is 0.690. The third kappa shape index (κ3) is 13.4. The van der Waals surface area contributed by atoms with Crippen molar-refractivity contribution in [2.75, 3.05) is 39.3 Å². The van der Waals surface area contributed by atoms with Crippen LogP contribution in [0.5, 0.6) is 0 Å². The zero-order valence-electron chi connectivity index (χ0n) is 25.4. The fourth-order valence-electron chi connectivity index (χ4n) is 5.04. The number of carbonyl (C=O) groups excluding carboxylic acids is 2. The van der Waals surface area contributed by atoms with Crippen molar-refractivity contribution in [2.24, 2.45) is 22.2 Å². The van der Waals surface area contributed by atoms with Crippen molar-refractivity contribution in [1.29, 1.82) is 0 Å². The van der Waals surface area contributed by atoms with Crippen LogP contribution in [0.3, 0.4) is 0 Å². The van der Waals surface area contributed by atoms with Crippen molar-refractivity contribution >= 4 is 27.8 Å². The molecule has 7 N–H and O–H groups in total. The molecule has 0 aliphatic carbocycles. The second kappa shape index (κ2) is 18.8. The molecule has 1 aromatic rings. The Balaban J connectivity index is 1.90. The highest BCUT2D eigenvalue weighted by Gasteiger charge is 2.34. The summed E-state index contributed by atoms with van der Waals surface area (Å²) in [6.45, 7) is 1.93. The van der Waals surface area contributed by atoms with Gasteiger partial charge in [-0.1, -0.05) is 51.0 Å². The molecule has 2 rings (SSSR count). The van der Waals surface area contributed by atoms with Crippen molar-refractivity contribution in [3.8, 4) is 0 Å². The average Bonchev–Trinajstić information content (AvgIpc) is 2.98. The number of aliphatic imine (C=N–C) groups is 1. The number of benzene rings is 1. The Kier molecular flexibility index (Phi) is 15.9. The van der Waals surface area contributed by atoms with Crippen molar-refractivity contribution in [2.45, 2.75) is 94.2 Å². The monoisotopic (exact) mass is 647 g/mol. The molecule has 0 spiro atoms. The lowest BCUT2D eigenvalue weighted by Gasteiger charge is -2.36. The first kappa shape index (κ1) is 37.3. The molecule has 250 valence electrons. The van der Waals surface area contributed by atoms with Crippen molar-refractivity contribution in [3.63, 3.8) is 0 Å². The summed E-state index contributed by atoms with van der Waals surface area (Å²) in [4.78, 5) is 32.6. The van der Waals surface area contributed by atoms with E-state index in [-0.39, 0.29) is 44.3 Å². The third-order valence-electron chi connectivity index (χ3n) is 7.55. The number of piperazine rings is 1. The fourth-order valence-corrected chi connectivity index (χ4v) is 6.31. The van der Waals surface area contributed by atoms with E-state index in [1.807, 2.05) is 0 Å². The molecule has 0 radical (unpaired) electrons. The number of nitrogens with two attached hydrogens (primary N) is 3. The molecule has 1 aliphatic heterocycles. The summed E-state index contributed by atoms with van der Waals surface area (Å²) in [6.07, 6.45) is 5.88. The van der Waals surface area contributed by atoms with Crippen LogP contribution >= 0.6 is 0 Å². The normalized spacial score (nSPS) is 14.8. The summed E-state index contributed by atoms with van der Waals surface area (Å²) in [5, 5.41) is 0. The molecular formula is C29H48F3N7O4S. The third-order valence-corrected chi connectivity index (χ3v) is 9.02. The first-order valence-electron chi connectivity index (χ1n) is 15.4. The van der Waals surface area contributed by atoms with Crippen LogP contribution < -0.4 is 21.9 Å². The molecule has 1 aliphatic rings. The number of hydrogen-bond acceptors (Lipinski definition) is 6. The molecule has 1 saturated heterocycles. The Morgan fingerprint density at radius 2 is 1.45 bits per heavy atom. The molecule has 2 amide bonds. The van der Waals surface area contributed by atoms with Gasteiger partial charge in [0.25, 0.3) is 0 Å². The van der Waals surface area contributed by atoms with Gasteiger partial charge in [-0.3, -0.25) is 14.6 Å². The molecule has 1 fully saturated rings. The maximum Gasteiger partial charge on any atom is 0.416 e. The predicted molar refractivity (Wildman–Crippen MR) is 164 cm³/mol. The van der Waals surface area contributed by atoms with Gasteiger partial charge in [0, 0.05) is 39.1 Å². The van der Waals surface area contributed by atoms with Gasteiger partial charge in [0.2, 0.25) is 21.8 Å². The molecule has 11 nitrogen and oxygen atoms in total. The second-order valence-electron chi connectivity index (χ2n) is 11.1. The Morgan fingerprint density at radius 1 is 0.886 bits per heavy atom. The minimum absolute atomic E-state index is 0.0145. The van der Waals surface area contributed by atoms with Crippen LogP contribution in [0.15, 0.2) is 34.2 Å². The van der Waals surface area contributed by atoms with E-state index in [0.717, 1.165) is 56.8 Å². The van der Waals surface area contributed by atoms with Gasteiger partial charge >= 0.3 is 6.18 Å². The van der Waals surface area contributed by atoms with Gasteiger partial charge in [-0.25, -0.2) is 8.42 Å². The summed E-state index contributed by atoms with van der Waals surface area (Å²) < 4.78 is 67.9. The lowest BCUT2D eigenvalue weighted by atomic mass is 10.1. The van der Waals surface area contributed by atoms with Crippen LogP contribution in [-0.2, 0) is 25.8 Å². The highest BCUT2D eigenvalue weighted by atomic mass is 32.2. The highest BCUT2D eigenvalue weighted by Crippen LogP contribution is 2.30. The topological polar surface area (TPSA) is 177 Å². The number of nitrogens with zero attached hydrogens (tertiary/aromatic N) is 3. The summed E-state index contributed by atoms with van der Waals surface area (Å²) in [6, 6.07) is 2.07. The standard InChI is InChI=1S/C29H48F3N7O4S/c30-29(31,32)23-12-10-13-24(22-23)44(42,43)37-25(14-11-17-36-28(34)35)27(41)39-20-18-38(19-21-39)26(40)15-8-6-4-2-1-3-5-7-9-16-33/h10,12-13,22,25,37H,1-9,11,14-21,33H2,(H4,34,35,36)/t25-/m0/s1. The molecule has 0 saturated carbocycles. The molecule has 0 unspecified atom stereocenters. The number of unbranched alkanes of at least 4 members (excludes halogenated alkanes) is 8. The van der Waals surface area contributed by atoms with Crippen molar-refractivity contribution in [1.82, 2.24) is 14.5 Å². The van der Waals surface area contributed by atoms with E-state index < -0.39 is 38.6 Å². The number of amides is 2. The maximum atomic E-state index is 13.4. The number of guanidine groups is 1. The van der Waals surface area contributed by atoms with Crippen LogP contribution in [0.4, 0.5) is 13.2 Å². The van der Waals surface area contributed by atoms with E-state index in [4.69, 9.17) is 17.2 Å². The highest BCUT2D eigenvalue weighted by molar-refractivity contribution is 7.89. The quantitative estimate of drug-likeness (QED) is 0.101. The Hall–Kier alpha value is -2.91. The van der Waals surface area contributed by atoms with Gasteiger partial charge in [0.05, 0.1) is 10.5 Å². The first-order valence-corrected chi connectivity index (χ1v) is 16.8. The van der Waals surface area contributed by atoms with Gasteiger partial charge in [0.15, 0.2) is 5.96 Å². The molecule has 1 atom stereocenters. The summed E-state index contributed by atoms with van der Waals surface area (Å²) in [5.74, 6) is -0.662. The largest absolute Gasteiger partial charge is 0.416 e. The predicted octanol–water partition coefficient (Wildman–Crippen LogP) is 2.94. The minimum Gasteiger partial charge on any atom is -0.370 e. The number of rotatable bonds is 19. The van der Waals surface area contributed by atoms with Crippen molar-refractivity contribution < 1.29 is 31.2 Å². The van der Waals surface area contributed by atoms with E-state index >= 15 is 0 Å². The van der Waals surface area contributed by atoms with Gasteiger partial charge in [-0.05, 0) is 50.4 Å². The van der Waals surface area contributed by atoms with E-state index in [9.17, 15) is 31.2 Å². The van der Waals surface area contributed by atoms with E-state index in [0.29, 0.717) is 25.6 Å². The molecule has 1 heterocycles. The first-order chi connectivity index (χ1) is 20.8. The van der Waals surface area contributed by atoms with Crippen LogP contribution in [0.2, 0.25) is 0 Å². The summed E-state index contributed by atoms with van der Waals surface area (Å²) in [5.41, 5.74) is 15.1. The van der Waals surface area contributed by atoms with E-state index in [2.05, 4.69) is 9.71 Å². The summed E-state index contributed by atoms with van der Waals surface area (Å²) in [7, 11) is -4.48. The van der Waals surface area contributed by atoms with E-state index in [1.165, 1.54) is 30.6 Å². The number of sulfonamides is 1. The number of hydrogen-bond donors (Lipinski definition) is 4.